The normalized spacial score (nSPS) is 11.3. The van der Waals surface area contributed by atoms with Crippen LogP contribution in [-0.4, -0.2) is 35.7 Å². The third kappa shape index (κ3) is 6.33. The number of carbonyl (C=O) groups excluding carboxylic acids is 3. The molecule has 0 bridgehead atoms. The average Bonchev–Trinajstić information content (AvgIpc) is 2.83. The van der Waals surface area contributed by atoms with Gasteiger partial charge in [-0.15, -0.1) is 0 Å². The zero-order chi connectivity index (χ0) is 23.8. The minimum Gasteiger partial charge on any atom is -0.467 e. The molecule has 3 rings (SSSR count). The maximum Gasteiger partial charge on any atom is 0.328 e. The Labute approximate surface area is 190 Å². The van der Waals surface area contributed by atoms with Crippen LogP contribution in [0.15, 0.2) is 78.9 Å². The third-order valence-corrected chi connectivity index (χ3v) is 5.00. The predicted molar refractivity (Wildman–Crippen MR) is 121 cm³/mol. The molecule has 0 spiro atoms. The minimum absolute atomic E-state index is 0.114. The van der Waals surface area contributed by atoms with Gasteiger partial charge in [0.05, 0.1) is 18.5 Å². The number of methoxy groups -OCH3 is 1. The molecule has 0 aliphatic carbocycles. The van der Waals surface area contributed by atoms with Gasteiger partial charge in [0.2, 0.25) is 5.91 Å². The van der Waals surface area contributed by atoms with E-state index in [0.29, 0.717) is 16.7 Å². The topological polar surface area (TPSA) is 116 Å². The molecule has 3 aromatic rings. The fourth-order valence-corrected chi connectivity index (χ4v) is 3.33. The molecular weight excluding hydrogens is 424 g/mol. The lowest BCUT2D eigenvalue weighted by molar-refractivity contribution is -0.384. The van der Waals surface area contributed by atoms with Gasteiger partial charge in [0.15, 0.2) is 5.78 Å². The Hall–Kier alpha value is -4.33. The highest BCUT2D eigenvalue weighted by Gasteiger charge is 2.22. The lowest BCUT2D eigenvalue weighted by Crippen LogP contribution is -2.43. The van der Waals surface area contributed by atoms with Gasteiger partial charge >= 0.3 is 5.97 Å². The van der Waals surface area contributed by atoms with Crippen LogP contribution < -0.4 is 5.32 Å². The maximum absolute atomic E-state index is 12.5. The monoisotopic (exact) mass is 446 g/mol. The fraction of sp³-hybridized carbons (Fsp3) is 0.160. The van der Waals surface area contributed by atoms with Crippen LogP contribution in [0.4, 0.5) is 5.69 Å². The number of ether oxygens (including phenoxy) is 1. The Morgan fingerprint density at radius 3 is 2.21 bits per heavy atom. The number of hydrogen-bond acceptors (Lipinski definition) is 6. The third-order valence-electron chi connectivity index (χ3n) is 5.00. The summed E-state index contributed by atoms with van der Waals surface area (Å²) in [4.78, 5) is 47.6. The highest BCUT2D eigenvalue weighted by Crippen LogP contribution is 2.15. The lowest BCUT2D eigenvalue weighted by atomic mass is 9.99. The largest absolute Gasteiger partial charge is 0.467 e. The molecule has 0 aliphatic rings. The number of nitrogens with zero attached hydrogens (tertiary/aromatic N) is 1. The second-order valence-corrected chi connectivity index (χ2v) is 7.34. The first-order valence-corrected chi connectivity index (χ1v) is 10.2. The van der Waals surface area contributed by atoms with Crippen LogP contribution in [-0.2, 0) is 27.2 Å². The van der Waals surface area contributed by atoms with Crippen LogP contribution >= 0.6 is 0 Å². The predicted octanol–water partition coefficient (Wildman–Crippen LogP) is 3.27. The van der Waals surface area contributed by atoms with Gasteiger partial charge in [-0.1, -0.05) is 66.7 Å². The molecule has 1 atom stereocenters. The van der Waals surface area contributed by atoms with Gasteiger partial charge in [0.25, 0.3) is 5.69 Å². The Kier molecular flexibility index (Phi) is 7.64. The molecule has 0 aromatic heterocycles. The first-order valence-electron chi connectivity index (χ1n) is 10.2. The zero-order valence-electron chi connectivity index (χ0n) is 17.9. The number of nitrogens with one attached hydrogen (secondary N) is 1. The molecule has 8 heteroatoms. The quantitative estimate of drug-likeness (QED) is 0.233. The number of esters is 1. The van der Waals surface area contributed by atoms with E-state index in [9.17, 15) is 24.5 Å². The van der Waals surface area contributed by atoms with Gasteiger partial charge in [-0.3, -0.25) is 19.7 Å². The van der Waals surface area contributed by atoms with E-state index in [0.717, 1.165) is 5.56 Å². The van der Waals surface area contributed by atoms with Crippen LogP contribution in [0.3, 0.4) is 0 Å². The lowest BCUT2D eigenvalue weighted by Gasteiger charge is -2.17. The molecule has 0 saturated heterocycles. The summed E-state index contributed by atoms with van der Waals surface area (Å²) in [5.41, 5.74) is 2.15. The Bertz CT molecular complexity index is 1160. The summed E-state index contributed by atoms with van der Waals surface area (Å²) < 4.78 is 4.81. The molecule has 1 amide bonds. The number of non-ortho nitro benzene ring substituents is 1. The van der Waals surface area contributed by atoms with E-state index in [1.165, 1.54) is 25.3 Å². The molecule has 0 unspecified atom stereocenters. The molecule has 0 heterocycles. The standard InChI is InChI=1S/C25H22N2O6/c1-33-25(30)22(26-23(28)16-18-6-5-9-21(14-18)27(31)32)15-17-10-12-20(13-11-17)24(29)19-7-3-2-4-8-19/h2-14,22H,15-16H2,1H3,(H,26,28)/t22-/m1/s1. The van der Waals surface area contributed by atoms with Crippen molar-refractivity contribution in [2.45, 2.75) is 18.9 Å². The SMILES string of the molecule is COC(=O)[C@@H](Cc1ccc(C(=O)c2ccccc2)cc1)NC(=O)Cc1cccc([N+](=O)[O-])c1. The minimum atomic E-state index is -0.947. The molecule has 8 nitrogen and oxygen atoms in total. The number of carbonyl (C=O) groups is 3. The van der Waals surface area contributed by atoms with Crippen LogP contribution in [0.25, 0.3) is 0 Å². The van der Waals surface area contributed by atoms with E-state index in [-0.39, 0.29) is 24.3 Å². The number of nitro benzene ring substituents is 1. The van der Waals surface area contributed by atoms with Gasteiger partial charge in [-0.2, -0.15) is 0 Å². The van der Waals surface area contributed by atoms with Gasteiger partial charge in [-0.25, -0.2) is 4.79 Å². The summed E-state index contributed by atoms with van der Waals surface area (Å²) in [5.74, 6) is -1.20. The van der Waals surface area contributed by atoms with Crippen LogP contribution in [0.1, 0.15) is 27.0 Å². The molecule has 3 aromatic carbocycles. The van der Waals surface area contributed by atoms with Gasteiger partial charge < -0.3 is 10.1 Å². The summed E-state index contributed by atoms with van der Waals surface area (Å²) in [6, 6.07) is 20.5. The molecule has 0 radical (unpaired) electrons. The second kappa shape index (κ2) is 10.8. The average molecular weight is 446 g/mol. The number of benzene rings is 3. The van der Waals surface area contributed by atoms with Crippen molar-refractivity contribution in [2.24, 2.45) is 0 Å². The van der Waals surface area contributed by atoms with Crippen LogP contribution in [0.5, 0.6) is 0 Å². The van der Waals surface area contributed by atoms with Crippen molar-refractivity contribution in [1.82, 2.24) is 5.32 Å². The van der Waals surface area contributed by atoms with Crippen LogP contribution in [0, 0.1) is 10.1 Å². The summed E-state index contributed by atoms with van der Waals surface area (Å²) >= 11 is 0. The smallest absolute Gasteiger partial charge is 0.328 e. The number of hydrogen-bond donors (Lipinski definition) is 1. The van der Waals surface area contributed by atoms with Gasteiger partial charge in [0.1, 0.15) is 6.04 Å². The molecule has 33 heavy (non-hydrogen) atoms. The van der Waals surface area contributed by atoms with Crippen molar-refractivity contribution in [1.29, 1.82) is 0 Å². The first-order chi connectivity index (χ1) is 15.9. The Morgan fingerprint density at radius 2 is 1.58 bits per heavy atom. The Morgan fingerprint density at radius 1 is 0.909 bits per heavy atom. The van der Waals surface area contributed by atoms with Crippen molar-refractivity contribution in [3.8, 4) is 0 Å². The summed E-state index contributed by atoms with van der Waals surface area (Å²) in [6.07, 6.45) is 0.0346. The maximum atomic E-state index is 12.5. The Balaban J connectivity index is 1.67. The van der Waals surface area contributed by atoms with Crippen molar-refractivity contribution < 1.29 is 24.0 Å². The number of rotatable bonds is 9. The summed E-state index contributed by atoms with van der Waals surface area (Å²) in [7, 11) is 1.23. The van der Waals surface area contributed by atoms with E-state index >= 15 is 0 Å². The number of amides is 1. The van der Waals surface area contributed by atoms with E-state index in [1.54, 1.807) is 54.6 Å². The highest BCUT2D eigenvalue weighted by molar-refractivity contribution is 6.08. The number of nitro groups is 1. The van der Waals surface area contributed by atoms with E-state index in [1.807, 2.05) is 6.07 Å². The van der Waals surface area contributed by atoms with Gasteiger partial charge in [-0.05, 0) is 11.1 Å². The molecule has 0 saturated carbocycles. The molecule has 0 aliphatic heterocycles. The van der Waals surface area contributed by atoms with E-state index < -0.39 is 22.8 Å². The van der Waals surface area contributed by atoms with Crippen molar-refractivity contribution >= 4 is 23.3 Å². The molecule has 168 valence electrons. The van der Waals surface area contributed by atoms with Crippen LogP contribution in [0.2, 0.25) is 0 Å². The first kappa shape index (κ1) is 23.3. The number of ketones is 1. The fourth-order valence-electron chi connectivity index (χ4n) is 3.33. The zero-order valence-corrected chi connectivity index (χ0v) is 17.9. The van der Waals surface area contributed by atoms with Gasteiger partial charge in [0, 0.05) is 29.7 Å². The second-order valence-electron chi connectivity index (χ2n) is 7.34. The van der Waals surface area contributed by atoms with E-state index in [4.69, 9.17) is 4.74 Å². The molecule has 1 N–H and O–H groups in total. The van der Waals surface area contributed by atoms with E-state index in [2.05, 4.69) is 5.32 Å². The summed E-state index contributed by atoms with van der Waals surface area (Å²) in [6.45, 7) is 0. The molecular formula is C25H22N2O6. The molecule has 0 fully saturated rings. The van der Waals surface area contributed by atoms with Crippen molar-refractivity contribution in [3.05, 3.63) is 111 Å². The highest BCUT2D eigenvalue weighted by atomic mass is 16.6. The summed E-state index contributed by atoms with van der Waals surface area (Å²) in [5, 5.41) is 13.5. The van der Waals surface area contributed by atoms with Crippen molar-refractivity contribution in [2.75, 3.05) is 7.11 Å². The van der Waals surface area contributed by atoms with Crippen molar-refractivity contribution in [3.63, 3.8) is 0 Å².